The highest BCUT2D eigenvalue weighted by molar-refractivity contribution is 5.81. The molecule has 0 aliphatic rings. The second kappa shape index (κ2) is 4.37. The maximum atomic E-state index is 11.9. The van der Waals surface area contributed by atoms with Crippen LogP contribution in [0.25, 0.3) is 11.0 Å². The van der Waals surface area contributed by atoms with E-state index in [2.05, 4.69) is 0 Å². The molecule has 0 saturated heterocycles. The Hall–Kier alpha value is -2.17. The second-order valence-corrected chi connectivity index (χ2v) is 3.34. The van der Waals surface area contributed by atoms with Crippen molar-refractivity contribution in [3.05, 3.63) is 28.6 Å². The van der Waals surface area contributed by atoms with Crippen molar-refractivity contribution in [2.45, 2.75) is 0 Å². The van der Waals surface area contributed by atoms with E-state index in [4.69, 9.17) is 18.6 Å². The summed E-state index contributed by atoms with van der Waals surface area (Å²) in [6, 6.07) is 3.18. The molecule has 0 bridgehead atoms. The summed E-state index contributed by atoms with van der Waals surface area (Å²) in [5, 5.41) is 0.391. The number of fused-ring (bicyclic) bond motifs is 1. The molecule has 0 fully saturated rings. The Bertz CT molecular complexity index is 600. The van der Waals surface area contributed by atoms with Crippen LogP contribution in [0.4, 0.5) is 0 Å². The summed E-state index contributed by atoms with van der Waals surface area (Å²) in [6.07, 6.45) is 1.27. The Morgan fingerprint density at radius 1 is 0.941 bits per heavy atom. The summed E-state index contributed by atoms with van der Waals surface area (Å²) in [6.45, 7) is 0. The fourth-order valence-corrected chi connectivity index (χ4v) is 1.58. The summed E-state index contributed by atoms with van der Waals surface area (Å²) in [5.74, 6) is 1.14. The maximum Gasteiger partial charge on any atom is 0.234 e. The highest BCUT2D eigenvalue weighted by Gasteiger charge is 2.12. The molecule has 0 unspecified atom stereocenters. The first kappa shape index (κ1) is 11.3. The largest absolute Gasteiger partial charge is 0.493 e. The van der Waals surface area contributed by atoms with Gasteiger partial charge in [0.05, 0.1) is 26.7 Å². The second-order valence-electron chi connectivity index (χ2n) is 3.34. The third-order valence-electron chi connectivity index (χ3n) is 2.47. The molecule has 2 aromatic rings. The lowest BCUT2D eigenvalue weighted by Crippen LogP contribution is -2.05. The number of ether oxygens (including phenoxy) is 3. The van der Waals surface area contributed by atoms with Crippen LogP contribution in [0.2, 0.25) is 0 Å². The molecule has 0 spiro atoms. The van der Waals surface area contributed by atoms with E-state index in [1.165, 1.54) is 27.6 Å². The predicted octanol–water partition coefficient (Wildman–Crippen LogP) is 1.82. The average Bonchev–Trinajstić information content (AvgIpc) is 2.38. The Balaban J connectivity index is 2.79. The SMILES string of the molecule is COc1cc2occ(OC)c(=O)c2cc1OC. The van der Waals surface area contributed by atoms with Crippen molar-refractivity contribution in [1.82, 2.24) is 0 Å². The van der Waals surface area contributed by atoms with E-state index in [9.17, 15) is 4.79 Å². The normalized spacial score (nSPS) is 10.3. The van der Waals surface area contributed by atoms with Crippen LogP contribution in [0.5, 0.6) is 17.2 Å². The highest BCUT2D eigenvalue weighted by Crippen LogP contribution is 2.31. The standard InChI is InChI=1S/C12H12O5/c1-14-9-4-7-8(5-10(9)15-2)17-6-11(16-3)12(7)13/h4-6H,1-3H3. The minimum absolute atomic E-state index is 0.157. The van der Waals surface area contributed by atoms with Gasteiger partial charge in [-0.05, 0) is 6.07 Å². The van der Waals surface area contributed by atoms with Crippen molar-refractivity contribution in [3.8, 4) is 17.2 Å². The first-order valence-corrected chi connectivity index (χ1v) is 4.92. The van der Waals surface area contributed by atoms with Crippen molar-refractivity contribution in [2.24, 2.45) is 0 Å². The molecule has 5 heteroatoms. The zero-order chi connectivity index (χ0) is 12.4. The van der Waals surface area contributed by atoms with Gasteiger partial charge in [-0.15, -0.1) is 0 Å². The highest BCUT2D eigenvalue weighted by atomic mass is 16.5. The van der Waals surface area contributed by atoms with E-state index in [-0.39, 0.29) is 11.2 Å². The van der Waals surface area contributed by atoms with Crippen LogP contribution < -0.4 is 19.6 Å². The third kappa shape index (κ3) is 1.80. The van der Waals surface area contributed by atoms with Crippen LogP contribution in [0, 0.1) is 0 Å². The van der Waals surface area contributed by atoms with E-state index in [1.54, 1.807) is 12.1 Å². The minimum atomic E-state index is -0.241. The Morgan fingerprint density at radius 2 is 1.53 bits per heavy atom. The minimum Gasteiger partial charge on any atom is -0.493 e. The van der Waals surface area contributed by atoms with Gasteiger partial charge in [-0.25, -0.2) is 0 Å². The van der Waals surface area contributed by atoms with Crippen molar-refractivity contribution in [1.29, 1.82) is 0 Å². The summed E-state index contributed by atoms with van der Waals surface area (Å²) < 4.78 is 20.4. The van der Waals surface area contributed by atoms with E-state index >= 15 is 0 Å². The van der Waals surface area contributed by atoms with Crippen LogP contribution in [0.15, 0.2) is 27.6 Å². The fraction of sp³-hybridized carbons (Fsp3) is 0.250. The molecule has 0 radical (unpaired) electrons. The van der Waals surface area contributed by atoms with Crippen LogP contribution in [-0.2, 0) is 0 Å². The topological polar surface area (TPSA) is 57.9 Å². The van der Waals surface area contributed by atoms with Gasteiger partial charge < -0.3 is 18.6 Å². The lowest BCUT2D eigenvalue weighted by atomic mass is 10.2. The Labute approximate surface area is 97.5 Å². The summed E-state index contributed by atoms with van der Waals surface area (Å²) in [7, 11) is 4.44. The number of hydrogen-bond acceptors (Lipinski definition) is 5. The average molecular weight is 236 g/mol. The summed E-state index contributed by atoms with van der Waals surface area (Å²) in [5.41, 5.74) is 0.183. The molecular weight excluding hydrogens is 224 g/mol. The first-order valence-electron chi connectivity index (χ1n) is 4.92. The van der Waals surface area contributed by atoms with Crippen molar-refractivity contribution >= 4 is 11.0 Å². The summed E-state index contributed by atoms with van der Waals surface area (Å²) >= 11 is 0. The van der Waals surface area contributed by atoms with Crippen LogP contribution in [0.3, 0.4) is 0 Å². The lowest BCUT2D eigenvalue weighted by Gasteiger charge is -2.08. The van der Waals surface area contributed by atoms with E-state index in [0.717, 1.165) is 0 Å². The molecule has 0 atom stereocenters. The van der Waals surface area contributed by atoms with Gasteiger partial charge >= 0.3 is 0 Å². The van der Waals surface area contributed by atoms with E-state index < -0.39 is 0 Å². The smallest absolute Gasteiger partial charge is 0.234 e. The van der Waals surface area contributed by atoms with Gasteiger partial charge in [0.25, 0.3) is 0 Å². The molecular formula is C12H12O5. The summed E-state index contributed by atoms with van der Waals surface area (Å²) in [4.78, 5) is 11.9. The maximum absolute atomic E-state index is 11.9. The Kier molecular flexibility index (Phi) is 2.91. The number of hydrogen-bond donors (Lipinski definition) is 0. The molecule has 0 aliphatic carbocycles. The predicted molar refractivity (Wildman–Crippen MR) is 62.1 cm³/mol. The van der Waals surface area contributed by atoms with Gasteiger partial charge in [-0.1, -0.05) is 0 Å². The zero-order valence-corrected chi connectivity index (χ0v) is 9.77. The molecule has 2 rings (SSSR count). The molecule has 0 amide bonds. The van der Waals surface area contributed by atoms with Gasteiger partial charge in [0.1, 0.15) is 11.8 Å². The molecule has 90 valence electrons. The van der Waals surface area contributed by atoms with Gasteiger partial charge in [-0.3, -0.25) is 4.79 Å². The van der Waals surface area contributed by atoms with Crippen molar-refractivity contribution in [3.63, 3.8) is 0 Å². The lowest BCUT2D eigenvalue weighted by molar-refractivity contribution is 0.354. The van der Waals surface area contributed by atoms with Gasteiger partial charge in [0.2, 0.25) is 11.2 Å². The molecule has 17 heavy (non-hydrogen) atoms. The Morgan fingerprint density at radius 3 is 2.12 bits per heavy atom. The van der Waals surface area contributed by atoms with E-state index in [0.29, 0.717) is 22.5 Å². The van der Waals surface area contributed by atoms with E-state index in [1.807, 2.05) is 0 Å². The molecule has 1 aromatic heterocycles. The molecule has 5 nitrogen and oxygen atoms in total. The van der Waals surface area contributed by atoms with Crippen LogP contribution in [0.1, 0.15) is 0 Å². The molecule has 0 aliphatic heterocycles. The van der Waals surface area contributed by atoms with Gasteiger partial charge in [0.15, 0.2) is 11.5 Å². The van der Waals surface area contributed by atoms with Crippen molar-refractivity contribution < 1.29 is 18.6 Å². The third-order valence-corrected chi connectivity index (χ3v) is 2.47. The van der Waals surface area contributed by atoms with Gasteiger partial charge in [-0.2, -0.15) is 0 Å². The molecule has 0 N–H and O–H groups in total. The molecule has 1 heterocycles. The fourth-order valence-electron chi connectivity index (χ4n) is 1.58. The number of methoxy groups -OCH3 is 3. The van der Waals surface area contributed by atoms with Gasteiger partial charge in [0, 0.05) is 6.07 Å². The zero-order valence-electron chi connectivity index (χ0n) is 9.77. The van der Waals surface area contributed by atoms with Crippen LogP contribution in [-0.4, -0.2) is 21.3 Å². The molecule has 1 aromatic carbocycles. The number of rotatable bonds is 3. The first-order chi connectivity index (χ1) is 8.21. The number of benzene rings is 1. The molecule has 0 saturated carbocycles. The van der Waals surface area contributed by atoms with Crippen molar-refractivity contribution in [2.75, 3.05) is 21.3 Å². The monoisotopic (exact) mass is 236 g/mol. The quantitative estimate of drug-likeness (QED) is 0.813. The van der Waals surface area contributed by atoms with Crippen LogP contribution >= 0.6 is 0 Å².